The Morgan fingerprint density at radius 3 is 2.71 bits per heavy atom. The van der Waals surface area contributed by atoms with Gasteiger partial charge in [-0.3, -0.25) is 4.68 Å². The summed E-state index contributed by atoms with van der Waals surface area (Å²) in [6.45, 7) is 6.37. The first-order valence-electron chi connectivity index (χ1n) is 4.26. The second kappa shape index (κ2) is 3.96. The highest BCUT2D eigenvalue weighted by molar-refractivity contribution is 7.90. The van der Waals surface area contributed by atoms with E-state index >= 15 is 0 Å². The van der Waals surface area contributed by atoms with Crippen LogP contribution in [-0.2, 0) is 16.4 Å². The summed E-state index contributed by atoms with van der Waals surface area (Å²) in [7, 11) is -3.13. The average molecular weight is 214 g/mol. The van der Waals surface area contributed by atoms with Gasteiger partial charge in [-0.15, -0.1) is 6.58 Å². The van der Waals surface area contributed by atoms with E-state index in [0.29, 0.717) is 6.54 Å². The Kier molecular flexibility index (Phi) is 3.10. The minimum atomic E-state index is -3.13. The van der Waals surface area contributed by atoms with Crippen molar-refractivity contribution in [3.05, 3.63) is 24.5 Å². The van der Waals surface area contributed by atoms with E-state index in [9.17, 15) is 8.42 Å². The van der Waals surface area contributed by atoms with Crippen LogP contribution in [0.5, 0.6) is 0 Å². The van der Waals surface area contributed by atoms with Crippen molar-refractivity contribution in [1.82, 2.24) is 9.78 Å². The average Bonchev–Trinajstić information content (AvgIpc) is 2.47. The molecule has 14 heavy (non-hydrogen) atoms. The molecular weight excluding hydrogens is 200 g/mol. The molecule has 0 bridgehead atoms. The molecule has 1 rings (SSSR count). The van der Waals surface area contributed by atoms with Gasteiger partial charge >= 0.3 is 0 Å². The fourth-order valence-electron chi connectivity index (χ4n) is 0.964. The molecule has 0 amide bonds. The smallest absolute Gasteiger partial charge is 0.178 e. The molecule has 1 heterocycles. The van der Waals surface area contributed by atoms with Crippen molar-refractivity contribution >= 4 is 9.84 Å². The van der Waals surface area contributed by atoms with Crippen molar-refractivity contribution in [2.24, 2.45) is 0 Å². The first kappa shape index (κ1) is 11.0. The van der Waals surface area contributed by atoms with Gasteiger partial charge in [-0.05, 0) is 13.3 Å². The van der Waals surface area contributed by atoms with Crippen LogP contribution in [0, 0.1) is 0 Å². The minimum absolute atomic E-state index is 0.263. The van der Waals surface area contributed by atoms with Crippen LogP contribution in [-0.4, -0.2) is 24.5 Å². The molecule has 0 aromatic carbocycles. The van der Waals surface area contributed by atoms with Crippen LogP contribution in [0.2, 0.25) is 0 Å². The predicted octanol–water partition coefficient (Wildman–Crippen LogP) is 1.25. The van der Waals surface area contributed by atoms with E-state index < -0.39 is 9.84 Å². The van der Waals surface area contributed by atoms with Crippen LogP contribution in [0.15, 0.2) is 29.4 Å². The summed E-state index contributed by atoms with van der Waals surface area (Å²) < 4.78 is 23.8. The van der Waals surface area contributed by atoms with E-state index in [4.69, 9.17) is 0 Å². The molecule has 0 fully saturated rings. The Morgan fingerprint density at radius 2 is 2.29 bits per heavy atom. The van der Waals surface area contributed by atoms with Gasteiger partial charge < -0.3 is 0 Å². The first-order valence-corrected chi connectivity index (χ1v) is 6.15. The molecule has 5 heteroatoms. The maximum Gasteiger partial charge on any atom is 0.178 e. The summed E-state index contributed by atoms with van der Waals surface area (Å²) >= 11 is 0. The third-order valence-electron chi connectivity index (χ3n) is 1.81. The second-order valence-corrected chi connectivity index (χ2v) is 5.43. The molecule has 0 N–H and O–H groups in total. The standard InChI is InChI=1S/C9H14N2O2S/c1-8(2)4-5-11-7-9(6-10-11)14(3,12)13/h6-7H,1,4-5H2,2-3H3. The van der Waals surface area contributed by atoms with Gasteiger partial charge in [0.15, 0.2) is 9.84 Å². The number of hydrogen-bond donors (Lipinski definition) is 0. The fourth-order valence-corrected chi connectivity index (χ4v) is 1.52. The number of sulfone groups is 1. The minimum Gasteiger partial charge on any atom is -0.271 e. The Hall–Kier alpha value is -1.10. The zero-order chi connectivity index (χ0) is 10.8. The Morgan fingerprint density at radius 1 is 1.64 bits per heavy atom. The van der Waals surface area contributed by atoms with Gasteiger partial charge in [0.1, 0.15) is 4.90 Å². The second-order valence-electron chi connectivity index (χ2n) is 3.42. The molecule has 0 aliphatic heterocycles. The maximum absolute atomic E-state index is 11.1. The van der Waals surface area contributed by atoms with E-state index in [-0.39, 0.29) is 4.90 Å². The number of aromatic nitrogens is 2. The number of nitrogens with zero attached hydrogens (tertiary/aromatic N) is 2. The van der Waals surface area contributed by atoms with E-state index in [1.54, 1.807) is 4.68 Å². The fraction of sp³-hybridized carbons (Fsp3) is 0.444. The topological polar surface area (TPSA) is 52.0 Å². The quantitative estimate of drug-likeness (QED) is 0.709. The molecule has 78 valence electrons. The summed E-state index contributed by atoms with van der Waals surface area (Å²) in [5, 5.41) is 3.95. The number of aryl methyl sites for hydroxylation is 1. The van der Waals surface area contributed by atoms with Crippen LogP contribution >= 0.6 is 0 Å². The molecule has 0 radical (unpaired) electrons. The highest BCUT2D eigenvalue weighted by Crippen LogP contribution is 2.07. The molecule has 1 aromatic heterocycles. The van der Waals surface area contributed by atoms with Crippen molar-refractivity contribution in [2.75, 3.05) is 6.26 Å². The van der Waals surface area contributed by atoms with Crippen LogP contribution in [0.3, 0.4) is 0 Å². The Bertz CT molecular complexity index is 431. The molecule has 0 aliphatic carbocycles. The lowest BCUT2D eigenvalue weighted by molar-refractivity contribution is 0.599. The van der Waals surface area contributed by atoms with E-state index in [2.05, 4.69) is 11.7 Å². The van der Waals surface area contributed by atoms with E-state index in [0.717, 1.165) is 12.0 Å². The zero-order valence-electron chi connectivity index (χ0n) is 8.40. The van der Waals surface area contributed by atoms with Crippen molar-refractivity contribution in [3.8, 4) is 0 Å². The van der Waals surface area contributed by atoms with E-state index in [1.165, 1.54) is 18.6 Å². The number of hydrogen-bond acceptors (Lipinski definition) is 3. The zero-order valence-corrected chi connectivity index (χ0v) is 9.21. The largest absolute Gasteiger partial charge is 0.271 e. The molecule has 0 unspecified atom stereocenters. The molecule has 0 saturated heterocycles. The number of allylic oxidation sites excluding steroid dienone is 1. The highest BCUT2D eigenvalue weighted by atomic mass is 32.2. The lowest BCUT2D eigenvalue weighted by Crippen LogP contribution is -1.99. The monoisotopic (exact) mass is 214 g/mol. The normalized spacial score (nSPS) is 11.6. The third kappa shape index (κ3) is 2.99. The SMILES string of the molecule is C=C(C)CCn1cc(S(C)(=O)=O)cn1. The summed E-state index contributed by atoms with van der Waals surface area (Å²) in [6.07, 6.45) is 4.89. The van der Waals surface area contributed by atoms with Crippen molar-refractivity contribution in [3.63, 3.8) is 0 Å². The van der Waals surface area contributed by atoms with Crippen molar-refractivity contribution in [2.45, 2.75) is 24.8 Å². The highest BCUT2D eigenvalue weighted by Gasteiger charge is 2.09. The summed E-state index contributed by atoms with van der Waals surface area (Å²) in [4.78, 5) is 0.263. The van der Waals surface area contributed by atoms with Crippen LogP contribution < -0.4 is 0 Å². The molecule has 0 saturated carbocycles. The van der Waals surface area contributed by atoms with Gasteiger partial charge in [-0.2, -0.15) is 5.10 Å². The lowest BCUT2D eigenvalue weighted by Gasteiger charge is -1.99. The van der Waals surface area contributed by atoms with Gasteiger partial charge in [0.05, 0.1) is 6.20 Å². The van der Waals surface area contributed by atoms with Crippen LogP contribution in [0.4, 0.5) is 0 Å². The van der Waals surface area contributed by atoms with Gasteiger partial charge in [0.25, 0.3) is 0 Å². The number of rotatable bonds is 4. The van der Waals surface area contributed by atoms with Crippen LogP contribution in [0.25, 0.3) is 0 Å². The molecular formula is C9H14N2O2S. The summed E-state index contributed by atoms with van der Waals surface area (Å²) in [5.74, 6) is 0. The maximum atomic E-state index is 11.1. The lowest BCUT2D eigenvalue weighted by atomic mass is 10.2. The van der Waals surface area contributed by atoms with Gasteiger partial charge in [-0.1, -0.05) is 5.57 Å². The predicted molar refractivity (Wildman–Crippen MR) is 54.8 cm³/mol. The van der Waals surface area contributed by atoms with Crippen LogP contribution in [0.1, 0.15) is 13.3 Å². The Balaban J connectivity index is 2.74. The molecule has 0 aliphatic rings. The summed E-state index contributed by atoms with van der Waals surface area (Å²) in [6, 6.07) is 0. The van der Waals surface area contributed by atoms with Gasteiger partial charge in [0.2, 0.25) is 0 Å². The molecule has 1 aromatic rings. The first-order chi connectivity index (χ1) is 6.39. The third-order valence-corrected chi connectivity index (χ3v) is 2.87. The summed E-state index contributed by atoms with van der Waals surface area (Å²) in [5.41, 5.74) is 1.06. The molecule has 0 atom stereocenters. The Labute approximate surface area is 84.2 Å². The van der Waals surface area contributed by atoms with Crippen molar-refractivity contribution in [1.29, 1.82) is 0 Å². The van der Waals surface area contributed by atoms with Crippen molar-refractivity contribution < 1.29 is 8.42 Å². The van der Waals surface area contributed by atoms with Gasteiger partial charge in [0, 0.05) is 19.0 Å². The van der Waals surface area contributed by atoms with Gasteiger partial charge in [-0.25, -0.2) is 8.42 Å². The van der Waals surface area contributed by atoms with E-state index in [1.807, 2.05) is 6.92 Å². The molecule has 0 spiro atoms. The molecule has 4 nitrogen and oxygen atoms in total.